The smallest absolute Gasteiger partial charge is 0.282 e. The van der Waals surface area contributed by atoms with E-state index in [1.807, 2.05) is 49.3 Å². The first kappa shape index (κ1) is 21.8. The number of carbonyl (C=O) groups is 3. The average molecular weight is 441 g/mol. The molecule has 0 radical (unpaired) electrons. The van der Waals surface area contributed by atoms with Gasteiger partial charge in [-0.1, -0.05) is 30.3 Å². The van der Waals surface area contributed by atoms with Crippen molar-refractivity contribution in [2.45, 2.75) is 6.92 Å². The summed E-state index contributed by atoms with van der Waals surface area (Å²) in [5, 5.41) is 5.83. The van der Waals surface area contributed by atoms with E-state index in [1.54, 1.807) is 48.5 Å². The van der Waals surface area contributed by atoms with E-state index < -0.39 is 5.91 Å². The van der Waals surface area contributed by atoms with E-state index in [1.165, 1.54) is 11.8 Å². The molecule has 0 fully saturated rings. The highest BCUT2D eigenvalue weighted by Gasteiger charge is 2.40. The van der Waals surface area contributed by atoms with E-state index in [0.717, 1.165) is 5.69 Å². The Morgan fingerprint density at radius 1 is 0.788 bits per heavy atom. The Balaban J connectivity index is 1.71. The van der Waals surface area contributed by atoms with Gasteiger partial charge < -0.3 is 15.5 Å². The van der Waals surface area contributed by atoms with Crippen LogP contribution >= 0.6 is 0 Å². The molecular weight excluding hydrogens is 416 g/mol. The average Bonchev–Trinajstić information content (AvgIpc) is 3.04. The fourth-order valence-electron chi connectivity index (χ4n) is 3.64. The third-order valence-electron chi connectivity index (χ3n) is 5.25. The summed E-state index contributed by atoms with van der Waals surface area (Å²) in [5.74, 6) is -0.985. The van der Waals surface area contributed by atoms with E-state index in [4.69, 9.17) is 0 Å². The van der Waals surface area contributed by atoms with Crippen LogP contribution in [0.1, 0.15) is 12.5 Å². The normalized spacial score (nSPS) is 13.4. The van der Waals surface area contributed by atoms with Gasteiger partial charge in [-0.25, -0.2) is 4.90 Å². The summed E-state index contributed by atoms with van der Waals surface area (Å²) in [6.07, 6.45) is 0. The number of amides is 3. The second-order valence-corrected chi connectivity index (χ2v) is 7.86. The molecule has 0 aromatic heterocycles. The van der Waals surface area contributed by atoms with E-state index >= 15 is 0 Å². The van der Waals surface area contributed by atoms with Crippen molar-refractivity contribution in [1.29, 1.82) is 0 Å². The summed E-state index contributed by atoms with van der Waals surface area (Å²) >= 11 is 0. The van der Waals surface area contributed by atoms with Gasteiger partial charge in [0.1, 0.15) is 5.70 Å². The molecule has 33 heavy (non-hydrogen) atoms. The highest BCUT2D eigenvalue weighted by Crippen LogP contribution is 2.34. The van der Waals surface area contributed by atoms with Crippen LogP contribution in [0.4, 0.5) is 22.7 Å². The molecule has 3 aromatic rings. The van der Waals surface area contributed by atoms with Crippen LogP contribution in [0.3, 0.4) is 0 Å². The molecule has 0 saturated carbocycles. The van der Waals surface area contributed by atoms with Gasteiger partial charge in [-0.2, -0.15) is 0 Å². The first-order valence-electron chi connectivity index (χ1n) is 10.5. The van der Waals surface area contributed by atoms with Crippen molar-refractivity contribution < 1.29 is 14.4 Å². The Morgan fingerprint density at radius 3 is 1.97 bits per heavy atom. The molecule has 3 amide bonds. The fraction of sp³-hybridized carbons (Fsp3) is 0.115. The fourth-order valence-corrected chi connectivity index (χ4v) is 3.64. The van der Waals surface area contributed by atoms with Gasteiger partial charge in [-0.3, -0.25) is 14.4 Å². The molecule has 0 unspecified atom stereocenters. The lowest BCUT2D eigenvalue weighted by molar-refractivity contribution is -0.120. The SMILES string of the molecule is CC(=O)Nc1ccc(NC2=C(c3ccccc3)C(=O)N(c3ccc(N(C)C)cc3)C2=O)cc1. The largest absolute Gasteiger partial charge is 0.378 e. The predicted molar refractivity (Wildman–Crippen MR) is 131 cm³/mol. The van der Waals surface area contributed by atoms with Crippen molar-refractivity contribution in [2.75, 3.05) is 34.5 Å². The number of hydrogen-bond acceptors (Lipinski definition) is 5. The van der Waals surface area contributed by atoms with Gasteiger partial charge in [0.05, 0.1) is 11.3 Å². The second-order valence-electron chi connectivity index (χ2n) is 7.86. The van der Waals surface area contributed by atoms with Crippen molar-refractivity contribution in [2.24, 2.45) is 0 Å². The van der Waals surface area contributed by atoms with E-state index in [0.29, 0.717) is 28.2 Å². The molecule has 3 aromatic carbocycles. The maximum atomic E-state index is 13.5. The Hall–Kier alpha value is -4.39. The standard InChI is InChI=1S/C26H24N4O3/c1-17(31)27-19-9-11-20(12-10-19)28-24-23(18-7-5-4-6-8-18)25(32)30(26(24)33)22-15-13-21(14-16-22)29(2)3/h4-16,28H,1-3H3,(H,27,31). The molecule has 7 heteroatoms. The van der Waals surface area contributed by atoms with Crippen LogP contribution in [0.2, 0.25) is 0 Å². The molecule has 4 rings (SSSR count). The summed E-state index contributed by atoms with van der Waals surface area (Å²) < 4.78 is 0. The van der Waals surface area contributed by atoms with E-state index in [-0.39, 0.29) is 17.5 Å². The second kappa shape index (κ2) is 9.00. The minimum absolute atomic E-state index is 0.169. The van der Waals surface area contributed by atoms with E-state index in [2.05, 4.69) is 10.6 Å². The summed E-state index contributed by atoms with van der Waals surface area (Å²) in [4.78, 5) is 41.3. The molecular formula is C26H24N4O3. The van der Waals surface area contributed by atoms with Gasteiger partial charge in [0, 0.05) is 38.1 Å². The quantitative estimate of drug-likeness (QED) is 0.564. The molecule has 0 atom stereocenters. The predicted octanol–water partition coefficient (Wildman–Crippen LogP) is 4.11. The highest BCUT2D eigenvalue weighted by atomic mass is 16.2. The van der Waals surface area contributed by atoms with Crippen LogP contribution in [0.15, 0.2) is 84.6 Å². The minimum Gasteiger partial charge on any atom is -0.378 e. The van der Waals surface area contributed by atoms with Crippen molar-refractivity contribution in [3.05, 3.63) is 90.1 Å². The first-order valence-corrected chi connectivity index (χ1v) is 10.5. The van der Waals surface area contributed by atoms with Crippen molar-refractivity contribution in [3.63, 3.8) is 0 Å². The summed E-state index contributed by atoms with van der Waals surface area (Å²) in [6.45, 7) is 1.44. The maximum Gasteiger partial charge on any atom is 0.282 e. The van der Waals surface area contributed by atoms with Gasteiger partial charge in [-0.15, -0.1) is 0 Å². The number of nitrogens with zero attached hydrogens (tertiary/aromatic N) is 2. The number of imide groups is 1. The molecule has 1 aliphatic rings. The first-order chi connectivity index (χ1) is 15.8. The Labute approximate surface area is 192 Å². The maximum absolute atomic E-state index is 13.5. The number of nitrogens with one attached hydrogen (secondary N) is 2. The lowest BCUT2D eigenvalue weighted by Crippen LogP contribution is -2.32. The minimum atomic E-state index is -0.428. The van der Waals surface area contributed by atoms with Crippen molar-refractivity contribution in [1.82, 2.24) is 0 Å². The van der Waals surface area contributed by atoms with Crippen LogP contribution in [0.25, 0.3) is 5.57 Å². The Bertz CT molecular complexity index is 1230. The van der Waals surface area contributed by atoms with Gasteiger partial charge >= 0.3 is 0 Å². The number of hydrogen-bond donors (Lipinski definition) is 2. The Morgan fingerprint density at radius 2 is 1.39 bits per heavy atom. The molecule has 0 saturated heterocycles. The number of benzene rings is 3. The lowest BCUT2D eigenvalue weighted by atomic mass is 10.0. The molecule has 0 spiro atoms. The summed E-state index contributed by atoms with van der Waals surface area (Å²) in [6, 6.07) is 23.3. The zero-order chi connectivity index (χ0) is 23.5. The molecule has 0 bridgehead atoms. The lowest BCUT2D eigenvalue weighted by Gasteiger charge is -2.18. The van der Waals surface area contributed by atoms with Gasteiger partial charge in [0.2, 0.25) is 5.91 Å². The zero-order valence-corrected chi connectivity index (χ0v) is 18.6. The summed E-state index contributed by atoms with van der Waals surface area (Å²) in [5.41, 5.74) is 3.90. The van der Waals surface area contributed by atoms with Crippen LogP contribution in [-0.2, 0) is 14.4 Å². The van der Waals surface area contributed by atoms with Crippen LogP contribution in [0.5, 0.6) is 0 Å². The number of carbonyl (C=O) groups excluding carboxylic acids is 3. The monoisotopic (exact) mass is 440 g/mol. The summed E-state index contributed by atoms with van der Waals surface area (Å²) in [7, 11) is 3.85. The molecule has 1 heterocycles. The molecule has 166 valence electrons. The van der Waals surface area contributed by atoms with Gasteiger partial charge in [-0.05, 0) is 54.1 Å². The highest BCUT2D eigenvalue weighted by molar-refractivity contribution is 6.46. The van der Waals surface area contributed by atoms with Crippen molar-refractivity contribution in [3.8, 4) is 0 Å². The van der Waals surface area contributed by atoms with Crippen molar-refractivity contribution >= 4 is 46.0 Å². The molecule has 0 aliphatic carbocycles. The number of rotatable bonds is 6. The van der Waals surface area contributed by atoms with Gasteiger partial charge in [0.25, 0.3) is 11.8 Å². The molecule has 2 N–H and O–H groups in total. The zero-order valence-electron chi connectivity index (χ0n) is 18.6. The van der Waals surface area contributed by atoms with Crippen LogP contribution in [-0.4, -0.2) is 31.8 Å². The topological polar surface area (TPSA) is 81.8 Å². The number of anilines is 4. The molecule has 1 aliphatic heterocycles. The third-order valence-corrected chi connectivity index (χ3v) is 5.25. The van der Waals surface area contributed by atoms with Gasteiger partial charge in [0.15, 0.2) is 0 Å². The van der Waals surface area contributed by atoms with Crippen LogP contribution < -0.4 is 20.4 Å². The van der Waals surface area contributed by atoms with E-state index in [9.17, 15) is 14.4 Å². The third kappa shape index (κ3) is 4.48. The molecule has 7 nitrogen and oxygen atoms in total. The van der Waals surface area contributed by atoms with Crippen LogP contribution in [0, 0.1) is 0 Å². The Kier molecular flexibility index (Phi) is 5.95.